The predicted octanol–water partition coefficient (Wildman–Crippen LogP) is 4.33. The molecule has 0 aliphatic heterocycles. The van der Waals surface area contributed by atoms with E-state index in [4.69, 9.17) is 0 Å². The van der Waals surface area contributed by atoms with Crippen LogP contribution in [0.1, 0.15) is 22.3 Å². The summed E-state index contributed by atoms with van der Waals surface area (Å²) in [4.78, 5) is 12.6. The van der Waals surface area contributed by atoms with Crippen molar-refractivity contribution in [2.45, 2.75) is 37.0 Å². The highest BCUT2D eigenvalue weighted by Gasteiger charge is 2.27. The Morgan fingerprint density at radius 1 is 0.966 bits per heavy atom. The number of carbonyl (C=O) groups is 1. The molecule has 0 fully saturated rings. The molecule has 3 aromatic carbocycles. The molecule has 0 saturated carbocycles. The van der Waals surface area contributed by atoms with Crippen LogP contribution in [0.5, 0.6) is 5.75 Å². The topological polar surface area (TPSA) is 83.5 Å². The molecular formula is C23H23NO4S. The van der Waals surface area contributed by atoms with E-state index in [1.54, 1.807) is 19.1 Å². The van der Waals surface area contributed by atoms with Gasteiger partial charge >= 0.3 is 0 Å². The monoisotopic (exact) mass is 409 g/mol. The number of sulfone groups is 1. The molecule has 0 radical (unpaired) electrons. The van der Waals surface area contributed by atoms with Gasteiger partial charge in [0.05, 0.1) is 17.0 Å². The maximum Gasteiger partial charge on any atom is 0.228 e. The molecule has 0 aliphatic carbocycles. The number of hydrogen-bond donors (Lipinski definition) is 2. The molecule has 0 aromatic heterocycles. The summed E-state index contributed by atoms with van der Waals surface area (Å²) in [5.41, 5.74) is 2.62. The summed E-state index contributed by atoms with van der Waals surface area (Å²) in [7, 11) is -3.95. The fraction of sp³-hybridized carbons (Fsp3) is 0.174. The van der Waals surface area contributed by atoms with Crippen LogP contribution in [0, 0.1) is 20.8 Å². The van der Waals surface area contributed by atoms with Gasteiger partial charge in [0.1, 0.15) is 10.6 Å². The Bertz CT molecular complexity index is 1150. The van der Waals surface area contributed by atoms with Crippen LogP contribution < -0.4 is 5.32 Å². The lowest BCUT2D eigenvalue weighted by Crippen LogP contribution is -2.18. The maximum atomic E-state index is 13.3. The fourth-order valence-electron chi connectivity index (χ4n) is 3.21. The van der Waals surface area contributed by atoms with Crippen molar-refractivity contribution in [3.05, 3.63) is 82.9 Å². The number of aryl methyl sites for hydroxylation is 2. The second kappa shape index (κ2) is 8.09. The van der Waals surface area contributed by atoms with E-state index in [2.05, 4.69) is 5.32 Å². The molecule has 0 saturated heterocycles. The fourth-order valence-corrected chi connectivity index (χ4v) is 4.84. The molecule has 29 heavy (non-hydrogen) atoms. The normalized spacial score (nSPS) is 11.3. The first-order chi connectivity index (χ1) is 13.7. The predicted molar refractivity (Wildman–Crippen MR) is 113 cm³/mol. The molecule has 2 N–H and O–H groups in total. The number of hydrogen-bond acceptors (Lipinski definition) is 4. The van der Waals surface area contributed by atoms with E-state index in [-0.39, 0.29) is 39.1 Å². The largest absolute Gasteiger partial charge is 0.507 e. The standard InChI is InChI=1S/C23H23NO4S/c1-15-9-11-19(12-10-15)29(27,28)23-17(3)22(26)16(2)13-20(23)24-21(25)14-18-7-5-4-6-8-18/h4-13,26H,14H2,1-3H3,(H,24,25). The number of phenolic OH excluding ortho intramolecular Hbond substituents is 1. The van der Waals surface area contributed by atoms with Crippen molar-refractivity contribution in [2.75, 3.05) is 5.32 Å². The number of amides is 1. The average Bonchev–Trinajstić information content (AvgIpc) is 2.67. The molecule has 0 aliphatic rings. The minimum Gasteiger partial charge on any atom is -0.507 e. The zero-order valence-corrected chi connectivity index (χ0v) is 17.4. The highest BCUT2D eigenvalue weighted by Crippen LogP contribution is 2.37. The first-order valence-corrected chi connectivity index (χ1v) is 10.7. The minimum absolute atomic E-state index is 0.0918. The van der Waals surface area contributed by atoms with Gasteiger partial charge in [-0.15, -0.1) is 0 Å². The molecule has 0 atom stereocenters. The van der Waals surface area contributed by atoms with Gasteiger partial charge in [-0.05, 0) is 50.1 Å². The molecular weight excluding hydrogens is 386 g/mol. The first-order valence-electron chi connectivity index (χ1n) is 9.19. The Balaban J connectivity index is 2.06. The van der Waals surface area contributed by atoms with Gasteiger partial charge in [-0.3, -0.25) is 4.79 Å². The number of phenols is 1. The zero-order valence-electron chi connectivity index (χ0n) is 16.6. The van der Waals surface area contributed by atoms with Crippen LogP contribution in [0.15, 0.2) is 70.5 Å². The summed E-state index contributed by atoms with van der Waals surface area (Å²) >= 11 is 0. The summed E-state index contributed by atoms with van der Waals surface area (Å²) in [6, 6.07) is 17.2. The van der Waals surface area contributed by atoms with Crippen LogP contribution in [0.3, 0.4) is 0 Å². The number of anilines is 1. The minimum atomic E-state index is -3.95. The Labute approximate surface area is 171 Å². The summed E-state index contributed by atoms with van der Waals surface area (Å²) in [6.07, 6.45) is 0.115. The lowest BCUT2D eigenvalue weighted by Gasteiger charge is -2.17. The van der Waals surface area contributed by atoms with Crippen LogP contribution in [-0.4, -0.2) is 19.4 Å². The number of carbonyl (C=O) groups excluding carboxylic acids is 1. The van der Waals surface area contributed by atoms with Crippen LogP contribution in [0.2, 0.25) is 0 Å². The van der Waals surface area contributed by atoms with Gasteiger partial charge in [0.25, 0.3) is 0 Å². The van der Waals surface area contributed by atoms with E-state index >= 15 is 0 Å². The molecule has 0 spiro atoms. The summed E-state index contributed by atoms with van der Waals surface area (Å²) in [5, 5.41) is 13.1. The van der Waals surface area contributed by atoms with Crippen molar-refractivity contribution < 1.29 is 18.3 Å². The van der Waals surface area contributed by atoms with Crippen molar-refractivity contribution in [3.8, 4) is 5.75 Å². The van der Waals surface area contributed by atoms with Gasteiger partial charge in [0, 0.05) is 5.56 Å². The van der Waals surface area contributed by atoms with E-state index in [0.717, 1.165) is 11.1 Å². The second-order valence-electron chi connectivity index (χ2n) is 7.07. The van der Waals surface area contributed by atoms with Crippen molar-refractivity contribution in [1.29, 1.82) is 0 Å². The van der Waals surface area contributed by atoms with E-state index < -0.39 is 9.84 Å². The van der Waals surface area contributed by atoms with E-state index in [0.29, 0.717) is 5.56 Å². The van der Waals surface area contributed by atoms with Gasteiger partial charge in [0.15, 0.2) is 0 Å². The van der Waals surface area contributed by atoms with Gasteiger partial charge in [0.2, 0.25) is 15.7 Å². The summed E-state index contributed by atoms with van der Waals surface area (Å²) < 4.78 is 26.7. The van der Waals surface area contributed by atoms with Gasteiger partial charge in [-0.1, -0.05) is 48.0 Å². The zero-order chi connectivity index (χ0) is 21.2. The molecule has 5 nitrogen and oxygen atoms in total. The Morgan fingerprint density at radius 3 is 2.21 bits per heavy atom. The summed E-state index contributed by atoms with van der Waals surface area (Å²) in [5.74, 6) is -0.433. The van der Waals surface area contributed by atoms with Crippen LogP contribution >= 0.6 is 0 Å². The molecule has 3 rings (SSSR count). The second-order valence-corrected chi connectivity index (χ2v) is 8.96. The van der Waals surface area contributed by atoms with Gasteiger partial charge in [-0.25, -0.2) is 8.42 Å². The van der Waals surface area contributed by atoms with Crippen LogP contribution in [0.4, 0.5) is 5.69 Å². The van der Waals surface area contributed by atoms with Crippen molar-refractivity contribution in [2.24, 2.45) is 0 Å². The van der Waals surface area contributed by atoms with Crippen molar-refractivity contribution in [3.63, 3.8) is 0 Å². The number of aromatic hydroxyl groups is 1. The Kier molecular flexibility index (Phi) is 5.75. The number of benzene rings is 3. The molecule has 0 unspecified atom stereocenters. The van der Waals surface area contributed by atoms with Gasteiger partial charge in [-0.2, -0.15) is 0 Å². The first kappa shape index (κ1) is 20.6. The highest BCUT2D eigenvalue weighted by atomic mass is 32.2. The summed E-state index contributed by atoms with van der Waals surface area (Å²) in [6.45, 7) is 5.07. The smallest absolute Gasteiger partial charge is 0.228 e. The highest BCUT2D eigenvalue weighted by molar-refractivity contribution is 7.91. The lowest BCUT2D eigenvalue weighted by molar-refractivity contribution is -0.115. The molecule has 6 heteroatoms. The van der Waals surface area contributed by atoms with E-state index in [1.807, 2.05) is 37.3 Å². The lowest BCUT2D eigenvalue weighted by atomic mass is 10.1. The molecule has 0 bridgehead atoms. The number of rotatable bonds is 5. The SMILES string of the molecule is Cc1ccc(S(=O)(=O)c2c(NC(=O)Cc3ccccc3)cc(C)c(O)c2C)cc1. The molecule has 0 heterocycles. The van der Waals surface area contributed by atoms with E-state index in [9.17, 15) is 18.3 Å². The number of nitrogens with one attached hydrogen (secondary N) is 1. The third kappa shape index (κ3) is 4.32. The van der Waals surface area contributed by atoms with Gasteiger partial charge < -0.3 is 10.4 Å². The quantitative estimate of drug-likeness (QED) is 0.615. The van der Waals surface area contributed by atoms with Crippen molar-refractivity contribution in [1.82, 2.24) is 0 Å². The molecule has 1 amide bonds. The van der Waals surface area contributed by atoms with Crippen LogP contribution in [-0.2, 0) is 21.1 Å². The molecule has 3 aromatic rings. The van der Waals surface area contributed by atoms with Crippen molar-refractivity contribution >= 4 is 21.4 Å². The van der Waals surface area contributed by atoms with Crippen LogP contribution in [0.25, 0.3) is 0 Å². The molecule has 150 valence electrons. The average molecular weight is 410 g/mol. The third-order valence-corrected chi connectivity index (χ3v) is 6.71. The maximum absolute atomic E-state index is 13.3. The Hall–Kier alpha value is -3.12. The third-order valence-electron chi connectivity index (χ3n) is 4.76. The Morgan fingerprint density at radius 2 is 1.59 bits per heavy atom. The van der Waals surface area contributed by atoms with E-state index in [1.165, 1.54) is 25.1 Å².